The molecule has 2 unspecified atom stereocenters. The van der Waals surface area contributed by atoms with E-state index in [1.807, 2.05) is 18.2 Å². The van der Waals surface area contributed by atoms with Gasteiger partial charge in [0.25, 0.3) is 0 Å². The molecule has 20 heavy (non-hydrogen) atoms. The minimum absolute atomic E-state index is 0.0101. The van der Waals surface area contributed by atoms with Crippen LogP contribution >= 0.6 is 0 Å². The van der Waals surface area contributed by atoms with E-state index in [4.69, 9.17) is 20.3 Å². The number of hydrogen-bond donors (Lipinski definition) is 2. The molecule has 0 aliphatic heterocycles. The lowest BCUT2D eigenvalue weighted by molar-refractivity contribution is -0.137. The predicted octanol–water partition coefficient (Wildman–Crippen LogP) is 2.39. The number of ether oxygens (including phenoxy) is 2. The zero-order valence-corrected chi connectivity index (χ0v) is 12.3. The Morgan fingerprint density at radius 3 is 2.45 bits per heavy atom. The molecule has 1 rings (SSSR count). The molecule has 5 heteroatoms. The third-order valence-corrected chi connectivity index (χ3v) is 3.40. The fraction of sp³-hybridized carbons (Fsp3) is 0.533. The molecule has 2 atom stereocenters. The Labute approximate surface area is 119 Å². The van der Waals surface area contributed by atoms with Crippen LogP contribution in [0.25, 0.3) is 0 Å². The lowest BCUT2D eigenvalue weighted by Crippen LogP contribution is -2.26. The molecule has 0 saturated carbocycles. The van der Waals surface area contributed by atoms with Crippen molar-refractivity contribution in [2.45, 2.75) is 38.1 Å². The summed E-state index contributed by atoms with van der Waals surface area (Å²) in [6.07, 6.45) is 1.52. The van der Waals surface area contributed by atoms with Crippen LogP contribution in [-0.4, -0.2) is 31.3 Å². The van der Waals surface area contributed by atoms with Crippen LogP contribution in [-0.2, 0) is 4.79 Å². The second-order valence-electron chi connectivity index (χ2n) is 4.81. The summed E-state index contributed by atoms with van der Waals surface area (Å²) < 4.78 is 10.5. The zero-order chi connectivity index (χ0) is 15.1. The Balaban J connectivity index is 2.86. The lowest BCUT2D eigenvalue weighted by Gasteiger charge is -2.20. The Hall–Kier alpha value is -1.75. The molecule has 5 nitrogen and oxygen atoms in total. The maximum Gasteiger partial charge on any atom is 0.304 e. The molecule has 0 saturated heterocycles. The molecule has 1 aromatic carbocycles. The van der Waals surface area contributed by atoms with E-state index in [0.717, 1.165) is 12.0 Å². The van der Waals surface area contributed by atoms with Gasteiger partial charge < -0.3 is 20.3 Å². The highest BCUT2D eigenvalue weighted by Crippen LogP contribution is 2.33. The van der Waals surface area contributed by atoms with E-state index in [1.165, 1.54) is 0 Å². The van der Waals surface area contributed by atoms with Crippen molar-refractivity contribution in [1.82, 2.24) is 0 Å². The van der Waals surface area contributed by atoms with Crippen molar-refractivity contribution in [1.29, 1.82) is 0 Å². The first-order valence-electron chi connectivity index (χ1n) is 6.71. The van der Waals surface area contributed by atoms with E-state index >= 15 is 0 Å². The number of benzene rings is 1. The van der Waals surface area contributed by atoms with E-state index in [1.54, 1.807) is 14.2 Å². The van der Waals surface area contributed by atoms with Crippen LogP contribution in [0.3, 0.4) is 0 Å². The van der Waals surface area contributed by atoms with Crippen LogP contribution in [0.15, 0.2) is 18.2 Å². The van der Waals surface area contributed by atoms with Gasteiger partial charge in [-0.3, -0.25) is 4.79 Å². The van der Waals surface area contributed by atoms with Crippen LogP contribution in [0, 0.1) is 0 Å². The monoisotopic (exact) mass is 281 g/mol. The van der Waals surface area contributed by atoms with Crippen molar-refractivity contribution in [3.05, 3.63) is 23.8 Å². The van der Waals surface area contributed by atoms with Gasteiger partial charge in [-0.25, -0.2) is 0 Å². The normalized spacial score (nSPS) is 13.6. The largest absolute Gasteiger partial charge is 0.493 e. The minimum Gasteiger partial charge on any atom is -0.493 e. The maximum absolute atomic E-state index is 10.7. The fourth-order valence-electron chi connectivity index (χ4n) is 2.32. The molecule has 0 bridgehead atoms. The van der Waals surface area contributed by atoms with Gasteiger partial charge in [-0.15, -0.1) is 0 Å². The molecule has 3 N–H and O–H groups in total. The van der Waals surface area contributed by atoms with Crippen LogP contribution in [0.5, 0.6) is 11.5 Å². The SMILES string of the molecule is CCC(CC(N)CC(=O)O)c1ccc(OC)c(OC)c1. The van der Waals surface area contributed by atoms with Crippen molar-refractivity contribution in [2.75, 3.05) is 14.2 Å². The molecule has 0 aliphatic carbocycles. The lowest BCUT2D eigenvalue weighted by atomic mass is 9.89. The molecule has 0 aliphatic rings. The Morgan fingerprint density at radius 1 is 1.30 bits per heavy atom. The molecule has 0 radical (unpaired) electrons. The first-order chi connectivity index (χ1) is 9.51. The first-order valence-corrected chi connectivity index (χ1v) is 6.71. The quantitative estimate of drug-likeness (QED) is 0.764. The molecule has 0 spiro atoms. The average molecular weight is 281 g/mol. The summed E-state index contributed by atoms with van der Waals surface area (Å²) in [6, 6.07) is 5.42. The third kappa shape index (κ3) is 4.42. The van der Waals surface area contributed by atoms with Crippen molar-refractivity contribution < 1.29 is 19.4 Å². The number of carbonyl (C=O) groups is 1. The van der Waals surface area contributed by atoms with Gasteiger partial charge in [-0.1, -0.05) is 13.0 Å². The number of hydrogen-bond acceptors (Lipinski definition) is 4. The highest BCUT2D eigenvalue weighted by molar-refractivity contribution is 5.67. The van der Waals surface area contributed by atoms with Crippen LogP contribution in [0.1, 0.15) is 37.7 Å². The standard InChI is InChI=1S/C15H23NO4/c1-4-10(7-12(16)9-15(17)18)11-5-6-13(19-2)14(8-11)20-3/h5-6,8,10,12H,4,7,9,16H2,1-3H3,(H,17,18). The molecule has 0 fully saturated rings. The Bertz CT molecular complexity index is 447. The van der Waals surface area contributed by atoms with Gasteiger partial charge >= 0.3 is 5.97 Å². The topological polar surface area (TPSA) is 81.8 Å². The number of rotatable bonds is 8. The van der Waals surface area contributed by atoms with E-state index in [2.05, 4.69) is 6.92 Å². The third-order valence-electron chi connectivity index (χ3n) is 3.40. The number of carboxylic acids is 1. The molecule has 0 aromatic heterocycles. The summed E-state index contributed by atoms with van der Waals surface area (Å²) in [5.74, 6) is 0.708. The number of aliphatic carboxylic acids is 1. The Kier molecular flexibility index (Phi) is 6.31. The second kappa shape index (κ2) is 7.75. The van der Waals surface area contributed by atoms with Gasteiger partial charge in [0, 0.05) is 6.04 Å². The van der Waals surface area contributed by atoms with Crippen molar-refractivity contribution >= 4 is 5.97 Å². The van der Waals surface area contributed by atoms with Crippen LogP contribution in [0.4, 0.5) is 0 Å². The summed E-state index contributed by atoms with van der Waals surface area (Å²) in [5.41, 5.74) is 6.97. The van der Waals surface area contributed by atoms with Gasteiger partial charge in [-0.05, 0) is 36.5 Å². The average Bonchev–Trinajstić information content (AvgIpc) is 2.43. The van der Waals surface area contributed by atoms with E-state index < -0.39 is 5.97 Å². The smallest absolute Gasteiger partial charge is 0.304 e. The van der Waals surface area contributed by atoms with Gasteiger partial charge in [0.05, 0.1) is 20.6 Å². The van der Waals surface area contributed by atoms with Crippen molar-refractivity contribution in [2.24, 2.45) is 5.73 Å². The molecular weight excluding hydrogens is 258 g/mol. The molecule has 0 heterocycles. The van der Waals surface area contributed by atoms with Crippen LogP contribution < -0.4 is 15.2 Å². The number of nitrogens with two attached hydrogens (primary N) is 1. The number of methoxy groups -OCH3 is 2. The second-order valence-corrected chi connectivity index (χ2v) is 4.81. The fourth-order valence-corrected chi connectivity index (χ4v) is 2.32. The number of carboxylic acid groups (broad SMARTS) is 1. The summed E-state index contributed by atoms with van der Waals surface area (Å²) >= 11 is 0. The van der Waals surface area contributed by atoms with E-state index in [9.17, 15) is 4.79 Å². The molecular formula is C15H23NO4. The summed E-state index contributed by atoms with van der Waals surface area (Å²) in [5, 5.41) is 8.77. The van der Waals surface area contributed by atoms with Gasteiger partial charge in [0.1, 0.15) is 0 Å². The highest BCUT2D eigenvalue weighted by atomic mass is 16.5. The van der Waals surface area contributed by atoms with Gasteiger partial charge in [0.2, 0.25) is 0 Å². The first kappa shape index (κ1) is 16.3. The highest BCUT2D eigenvalue weighted by Gasteiger charge is 2.18. The maximum atomic E-state index is 10.7. The molecule has 1 aromatic rings. The zero-order valence-electron chi connectivity index (χ0n) is 12.3. The summed E-state index contributed by atoms with van der Waals surface area (Å²) in [6.45, 7) is 2.06. The van der Waals surface area contributed by atoms with E-state index in [-0.39, 0.29) is 18.4 Å². The van der Waals surface area contributed by atoms with E-state index in [0.29, 0.717) is 17.9 Å². The van der Waals surface area contributed by atoms with Crippen molar-refractivity contribution in [3.63, 3.8) is 0 Å². The van der Waals surface area contributed by atoms with Crippen LogP contribution in [0.2, 0.25) is 0 Å². The Morgan fingerprint density at radius 2 is 1.95 bits per heavy atom. The predicted molar refractivity (Wildman–Crippen MR) is 77.4 cm³/mol. The van der Waals surface area contributed by atoms with Gasteiger partial charge in [-0.2, -0.15) is 0 Å². The molecule has 112 valence electrons. The van der Waals surface area contributed by atoms with Crippen molar-refractivity contribution in [3.8, 4) is 11.5 Å². The molecule has 0 amide bonds. The summed E-state index contributed by atoms with van der Waals surface area (Å²) in [7, 11) is 3.19. The minimum atomic E-state index is -0.861. The summed E-state index contributed by atoms with van der Waals surface area (Å²) in [4.78, 5) is 10.7. The van der Waals surface area contributed by atoms with Gasteiger partial charge in [0.15, 0.2) is 11.5 Å².